The number of amides is 1. The molecule has 10 heteroatoms. The van der Waals surface area contributed by atoms with Gasteiger partial charge in [-0.1, -0.05) is 29.8 Å². The molecule has 2 fully saturated rings. The molecule has 1 aliphatic heterocycles. The molecule has 0 radical (unpaired) electrons. The van der Waals surface area contributed by atoms with Gasteiger partial charge < -0.3 is 15.4 Å². The summed E-state index contributed by atoms with van der Waals surface area (Å²) in [5, 5.41) is 7.96. The van der Waals surface area contributed by atoms with E-state index in [4.69, 9.17) is 10.5 Å². The Morgan fingerprint density at radius 3 is 2.31 bits per heavy atom. The molecule has 0 bridgehead atoms. The lowest BCUT2D eigenvalue weighted by Gasteiger charge is -2.29. The van der Waals surface area contributed by atoms with Crippen LogP contribution in [0.2, 0.25) is 0 Å². The normalized spacial score (nSPS) is 17.6. The van der Waals surface area contributed by atoms with E-state index in [0.29, 0.717) is 44.6 Å². The average molecular weight is 446 g/mol. The zero-order valence-electron chi connectivity index (χ0n) is 17.1. The molecule has 7 nitrogen and oxygen atoms in total. The van der Waals surface area contributed by atoms with Crippen molar-refractivity contribution in [3.63, 3.8) is 0 Å². The highest BCUT2D eigenvalue weighted by molar-refractivity contribution is 5.93. The smallest absolute Gasteiger partial charge is 0.416 e. The van der Waals surface area contributed by atoms with Gasteiger partial charge >= 0.3 is 12.1 Å². The molecule has 1 saturated heterocycles. The monoisotopic (exact) mass is 446 g/mol. The molecule has 0 atom stereocenters. The number of piperidine rings is 1. The third-order valence-electron chi connectivity index (χ3n) is 5.66. The summed E-state index contributed by atoms with van der Waals surface area (Å²) in [6, 6.07) is 8.61. The zero-order chi connectivity index (χ0) is 22.9. The van der Waals surface area contributed by atoms with E-state index in [0.717, 1.165) is 11.6 Å². The zero-order valence-corrected chi connectivity index (χ0v) is 17.1. The van der Waals surface area contributed by atoms with Crippen LogP contribution >= 0.6 is 0 Å². The van der Waals surface area contributed by atoms with Crippen molar-refractivity contribution in [3.05, 3.63) is 58.8 Å². The van der Waals surface area contributed by atoms with Crippen LogP contribution in [0, 0.1) is 0 Å². The molecule has 2 N–H and O–H groups in total. The number of benzene rings is 1. The molecule has 4 rings (SSSR count). The van der Waals surface area contributed by atoms with Crippen LogP contribution in [-0.4, -0.2) is 40.8 Å². The van der Waals surface area contributed by atoms with E-state index >= 15 is 0 Å². The number of ether oxygens (including phenoxy) is 1. The van der Waals surface area contributed by atoms with Crippen molar-refractivity contribution < 1.29 is 27.5 Å². The van der Waals surface area contributed by atoms with Crippen LogP contribution in [-0.2, 0) is 15.7 Å². The molecule has 0 unspecified atom stereocenters. The number of hydrogen-bond donors (Lipinski definition) is 1. The minimum atomic E-state index is -4.40. The Bertz CT molecular complexity index is 1050. The van der Waals surface area contributed by atoms with Gasteiger partial charge in [0.15, 0.2) is 17.1 Å². The summed E-state index contributed by atoms with van der Waals surface area (Å²) in [7, 11) is 0. The van der Waals surface area contributed by atoms with Crippen LogP contribution in [0.1, 0.15) is 47.3 Å². The summed E-state index contributed by atoms with van der Waals surface area (Å²) in [4.78, 5) is 25.5. The number of rotatable bonds is 5. The fraction of sp³-hybridized carbons (Fsp3) is 0.364. The van der Waals surface area contributed by atoms with Gasteiger partial charge in [0.2, 0.25) is 0 Å². The molecule has 0 spiro atoms. The van der Waals surface area contributed by atoms with E-state index in [2.05, 4.69) is 10.2 Å². The van der Waals surface area contributed by atoms with Crippen molar-refractivity contribution in [2.45, 2.75) is 37.5 Å². The number of halogens is 3. The topological polar surface area (TPSA) is 98.4 Å². The third-order valence-corrected chi connectivity index (χ3v) is 5.66. The quantitative estimate of drug-likeness (QED) is 0.708. The van der Waals surface area contributed by atoms with E-state index in [-0.39, 0.29) is 11.3 Å². The van der Waals surface area contributed by atoms with Crippen molar-refractivity contribution in [1.82, 2.24) is 10.2 Å². The maximum Gasteiger partial charge on any atom is 0.416 e. The average Bonchev–Trinajstić information content (AvgIpc) is 3.55. The van der Waals surface area contributed by atoms with Gasteiger partial charge in [-0.3, -0.25) is 4.79 Å². The van der Waals surface area contributed by atoms with Crippen LogP contribution in [0.25, 0.3) is 6.08 Å². The van der Waals surface area contributed by atoms with E-state index in [9.17, 15) is 22.8 Å². The van der Waals surface area contributed by atoms with E-state index in [1.54, 1.807) is 18.2 Å². The molecule has 1 saturated carbocycles. The Labute approximate surface area is 182 Å². The molecule has 2 heterocycles. The number of nitrogens with zero attached hydrogens (tertiary/aromatic N) is 3. The summed E-state index contributed by atoms with van der Waals surface area (Å²) in [6.45, 7) is 1.12. The SMILES string of the molecule is NC(=O)C1(OC(=O)c2ccc(N3CCC(=Cc4ccccc4C(F)(F)F)CC3)nn2)CC1. The van der Waals surface area contributed by atoms with E-state index in [1.807, 2.05) is 4.90 Å². The number of alkyl halides is 3. The van der Waals surface area contributed by atoms with Crippen LogP contribution in [0.3, 0.4) is 0 Å². The van der Waals surface area contributed by atoms with Gasteiger partial charge in [0, 0.05) is 25.9 Å². The van der Waals surface area contributed by atoms with Crippen LogP contribution in [0.15, 0.2) is 42.0 Å². The van der Waals surface area contributed by atoms with Crippen molar-refractivity contribution in [2.24, 2.45) is 5.73 Å². The van der Waals surface area contributed by atoms with Gasteiger partial charge in [-0.2, -0.15) is 13.2 Å². The number of carbonyl (C=O) groups is 2. The van der Waals surface area contributed by atoms with Gasteiger partial charge in [-0.05, 0) is 36.6 Å². The molecule has 168 valence electrons. The third kappa shape index (κ3) is 4.58. The second-order valence-corrected chi connectivity index (χ2v) is 7.90. The van der Waals surface area contributed by atoms with Crippen molar-refractivity contribution in [1.29, 1.82) is 0 Å². The van der Waals surface area contributed by atoms with Crippen molar-refractivity contribution in [2.75, 3.05) is 18.0 Å². The van der Waals surface area contributed by atoms with Crippen LogP contribution in [0.4, 0.5) is 19.0 Å². The number of anilines is 1. The second kappa shape index (κ2) is 8.25. The highest BCUT2D eigenvalue weighted by Gasteiger charge is 2.53. The molecular formula is C22H21F3N4O3. The predicted octanol–water partition coefficient (Wildman–Crippen LogP) is 3.35. The van der Waals surface area contributed by atoms with E-state index in [1.165, 1.54) is 18.2 Å². The standard InChI is InChI=1S/C22H21F3N4O3/c23-22(24,25)16-4-2-1-3-15(16)13-14-7-11-29(12-8-14)18-6-5-17(27-28-18)19(30)32-21(9-10-21)20(26)31/h1-6,13H,7-12H2,(H2,26,31). The predicted molar refractivity (Wildman–Crippen MR) is 109 cm³/mol. The first-order valence-electron chi connectivity index (χ1n) is 10.2. The number of esters is 1. The summed E-state index contributed by atoms with van der Waals surface area (Å²) in [6.07, 6.45) is -0.828. The number of carbonyl (C=O) groups excluding carboxylic acids is 2. The number of nitrogens with two attached hydrogens (primary N) is 1. The molecule has 1 amide bonds. The lowest BCUT2D eigenvalue weighted by Crippen LogP contribution is -2.35. The fourth-order valence-corrected chi connectivity index (χ4v) is 3.61. The van der Waals surface area contributed by atoms with Crippen molar-refractivity contribution in [3.8, 4) is 0 Å². The van der Waals surface area contributed by atoms with Crippen LogP contribution < -0.4 is 10.6 Å². The molecule has 1 aliphatic carbocycles. The molecule has 2 aliphatic rings. The van der Waals surface area contributed by atoms with E-state index < -0.39 is 29.2 Å². The largest absolute Gasteiger partial charge is 0.444 e. The summed E-state index contributed by atoms with van der Waals surface area (Å²) >= 11 is 0. The first kappa shape index (κ1) is 21.8. The molecule has 1 aromatic carbocycles. The van der Waals surface area contributed by atoms with Gasteiger partial charge in [0.25, 0.3) is 5.91 Å². The molecule has 32 heavy (non-hydrogen) atoms. The molecular weight excluding hydrogens is 425 g/mol. The Morgan fingerprint density at radius 1 is 1.06 bits per heavy atom. The summed E-state index contributed by atoms with van der Waals surface area (Å²) in [5.41, 5.74) is 4.44. The second-order valence-electron chi connectivity index (χ2n) is 7.90. The number of hydrogen-bond acceptors (Lipinski definition) is 6. The first-order valence-corrected chi connectivity index (χ1v) is 10.2. The minimum absolute atomic E-state index is 0.0253. The summed E-state index contributed by atoms with van der Waals surface area (Å²) in [5.74, 6) is -0.884. The maximum atomic E-state index is 13.2. The number of aromatic nitrogens is 2. The number of primary amides is 1. The Morgan fingerprint density at radius 2 is 1.75 bits per heavy atom. The van der Waals surface area contributed by atoms with Gasteiger partial charge in [-0.15, -0.1) is 10.2 Å². The van der Waals surface area contributed by atoms with Gasteiger partial charge in [-0.25, -0.2) is 4.79 Å². The highest BCUT2D eigenvalue weighted by atomic mass is 19.4. The Hall–Kier alpha value is -3.43. The van der Waals surface area contributed by atoms with Gasteiger partial charge in [0.1, 0.15) is 0 Å². The minimum Gasteiger partial charge on any atom is -0.444 e. The summed E-state index contributed by atoms with van der Waals surface area (Å²) < 4.78 is 44.8. The lowest BCUT2D eigenvalue weighted by molar-refractivity contribution is -0.137. The Balaban J connectivity index is 1.38. The van der Waals surface area contributed by atoms with Crippen LogP contribution in [0.5, 0.6) is 0 Å². The first-order chi connectivity index (χ1) is 15.2. The molecule has 1 aromatic heterocycles. The Kier molecular flexibility index (Phi) is 5.62. The van der Waals surface area contributed by atoms with Crippen molar-refractivity contribution >= 4 is 23.8 Å². The van der Waals surface area contributed by atoms with Gasteiger partial charge in [0.05, 0.1) is 5.56 Å². The highest BCUT2D eigenvalue weighted by Crippen LogP contribution is 2.39. The molecule has 2 aromatic rings. The maximum absolute atomic E-state index is 13.2. The fourth-order valence-electron chi connectivity index (χ4n) is 3.61. The lowest BCUT2D eigenvalue weighted by atomic mass is 9.98.